The SMILES string of the molecule is COC(=O)[C@H](C[C@@H]1CC(C)(C)NC1=O)NC(=O)C(N)CC1CC1. The highest BCUT2D eigenvalue weighted by Crippen LogP contribution is 2.33. The number of hydrogen-bond donors (Lipinski definition) is 3. The molecule has 0 radical (unpaired) electrons. The van der Waals surface area contributed by atoms with Gasteiger partial charge in [0.25, 0.3) is 0 Å². The van der Waals surface area contributed by atoms with Crippen LogP contribution in [0.15, 0.2) is 0 Å². The van der Waals surface area contributed by atoms with Crippen LogP contribution in [0.1, 0.15) is 46.0 Å². The van der Waals surface area contributed by atoms with Gasteiger partial charge in [-0.2, -0.15) is 0 Å². The molecule has 0 aromatic rings. The lowest BCUT2D eigenvalue weighted by atomic mass is 9.91. The predicted octanol–water partition coefficient (Wildman–Crippen LogP) is 0.0764. The molecule has 2 amide bonds. The molecule has 0 aromatic heterocycles. The average Bonchev–Trinajstić information content (AvgIpc) is 3.23. The monoisotopic (exact) mass is 325 g/mol. The van der Waals surface area contributed by atoms with Crippen LogP contribution in [0.5, 0.6) is 0 Å². The summed E-state index contributed by atoms with van der Waals surface area (Å²) in [6.45, 7) is 3.87. The minimum absolute atomic E-state index is 0.0968. The minimum Gasteiger partial charge on any atom is -0.467 e. The van der Waals surface area contributed by atoms with Crippen molar-refractivity contribution in [3.8, 4) is 0 Å². The minimum atomic E-state index is -0.845. The second kappa shape index (κ2) is 6.86. The standard InChI is InChI=1S/C16H27N3O4/c1-16(2)8-10(13(20)19-16)7-12(15(22)23-3)18-14(21)11(17)6-9-4-5-9/h9-12H,4-8,17H2,1-3H3,(H,18,21)(H,19,20)/t10-,11?,12+/m1/s1. The molecule has 1 heterocycles. The Balaban J connectivity index is 1.95. The van der Waals surface area contributed by atoms with Crippen LogP contribution >= 0.6 is 0 Å². The third-order valence-electron chi connectivity index (χ3n) is 4.53. The van der Waals surface area contributed by atoms with Gasteiger partial charge in [0.2, 0.25) is 11.8 Å². The van der Waals surface area contributed by atoms with Crippen LogP contribution in [0.3, 0.4) is 0 Å². The van der Waals surface area contributed by atoms with E-state index in [2.05, 4.69) is 10.6 Å². The van der Waals surface area contributed by atoms with Gasteiger partial charge in [-0.25, -0.2) is 4.79 Å². The zero-order chi connectivity index (χ0) is 17.2. The lowest BCUT2D eigenvalue weighted by Crippen LogP contribution is -2.49. The van der Waals surface area contributed by atoms with Crippen molar-refractivity contribution in [2.24, 2.45) is 17.6 Å². The second-order valence-corrected chi connectivity index (χ2v) is 7.38. The molecule has 3 atom stereocenters. The quantitative estimate of drug-likeness (QED) is 0.574. The van der Waals surface area contributed by atoms with Crippen LogP contribution in [-0.4, -0.2) is 42.5 Å². The zero-order valence-corrected chi connectivity index (χ0v) is 14.1. The first-order valence-corrected chi connectivity index (χ1v) is 8.17. The Kier molecular flexibility index (Phi) is 5.29. The van der Waals surface area contributed by atoms with Crippen molar-refractivity contribution in [2.45, 2.75) is 63.6 Å². The third kappa shape index (κ3) is 4.92. The van der Waals surface area contributed by atoms with Crippen LogP contribution < -0.4 is 16.4 Å². The summed E-state index contributed by atoms with van der Waals surface area (Å²) in [4.78, 5) is 36.1. The van der Waals surface area contributed by atoms with Crippen LogP contribution in [0.4, 0.5) is 0 Å². The molecule has 0 aromatic carbocycles. The fraction of sp³-hybridized carbons (Fsp3) is 0.812. The largest absolute Gasteiger partial charge is 0.467 e. The number of hydrogen-bond acceptors (Lipinski definition) is 5. The van der Waals surface area contributed by atoms with Gasteiger partial charge in [-0.1, -0.05) is 12.8 Å². The summed E-state index contributed by atoms with van der Waals surface area (Å²) >= 11 is 0. The zero-order valence-electron chi connectivity index (χ0n) is 14.1. The number of amides is 2. The summed E-state index contributed by atoms with van der Waals surface area (Å²) in [5.74, 6) is -0.803. The van der Waals surface area contributed by atoms with E-state index < -0.39 is 18.1 Å². The highest BCUT2D eigenvalue weighted by atomic mass is 16.5. The summed E-state index contributed by atoms with van der Waals surface area (Å²) in [7, 11) is 1.27. The molecule has 2 fully saturated rings. The van der Waals surface area contributed by atoms with E-state index in [1.54, 1.807) is 0 Å². The maximum Gasteiger partial charge on any atom is 0.328 e. The molecule has 7 heteroatoms. The van der Waals surface area contributed by atoms with Gasteiger partial charge in [0.05, 0.1) is 13.2 Å². The van der Waals surface area contributed by atoms with Crippen molar-refractivity contribution in [1.29, 1.82) is 0 Å². The average molecular weight is 325 g/mol. The van der Waals surface area contributed by atoms with Gasteiger partial charge in [-0.3, -0.25) is 9.59 Å². The van der Waals surface area contributed by atoms with Crippen molar-refractivity contribution < 1.29 is 19.1 Å². The molecular formula is C16H27N3O4. The van der Waals surface area contributed by atoms with E-state index in [0.717, 1.165) is 12.8 Å². The van der Waals surface area contributed by atoms with Crippen LogP contribution in [-0.2, 0) is 19.1 Å². The van der Waals surface area contributed by atoms with Gasteiger partial charge in [0.15, 0.2) is 0 Å². The van der Waals surface area contributed by atoms with E-state index in [1.165, 1.54) is 7.11 Å². The van der Waals surface area contributed by atoms with Gasteiger partial charge in [0.1, 0.15) is 6.04 Å². The molecule has 0 bridgehead atoms. The van der Waals surface area contributed by atoms with Gasteiger partial charge in [-0.15, -0.1) is 0 Å². The molecule has 1 aliphatic heterocycles. The number of rotatable bonds is 7. The lowest BCUT2D eigenvalue weighted by molar-refractivity contribution is -0.146. The number of carbonyl (C=O) groups is 3. The summed E-state index contributed by atoms with van der Waals surface area (Å²) in [5, 5.41) is 5.54. The molecule has 4 N–H and O–H groups in total. The summed E-state index contributed by atoms with van der Waals surface area (Å²) < 4.78 is 4.76. The van der Waals surface area contributed by atoms with E-state index in [1.807, 2.05) is 13.8 Å². The van der Waals surface area contributed by atoms with E-state index in [0.29, 0.717) is 18.8 Å². The molecule has 1 saturated heterocycles. The summed E-state index contributed by atoms with van der Waals surface area (Å²) in [6, 6.07) is -1.47. The molecule has 2 rings (SSSR count). The number of nitrogens with one attached hydrogen (secondary N) is 2. The van der Waals surface area contributed by atoms with Gasteiger partial charge >= 0.3 is 5.97 Å². The summed E-state index contributed by atoms with van der Waals surface area (Å²) in [5.41, 5.74) is 5.59. The molecule has 1 unspecified atom stereocenters. The fourth-order valence-electron chi connectivity index (χ4n) is 3.12. The predicted molar refractivity (Wildman–Crippen MR) is 84.2 cm³/mol. The van der Waals surface area contributed by atoms with E-state index in [4.69, 9.17) is 10.5 Å². The Bertz CT molecular complexity index is 488. The normalized spacial score (nSPS) is 25.4. The molecule has 1 aliphatic carbocycles. The Morgan fingerprint density at radius 2 is 2.04 bits per heavy atom. The van der Waals surface area contributed by atoms with Crippen molar-refractivity contribution in [3.63, 3.8) is 0 Å². The smallest absolute Gasteiger partial charge is 0.328 e. The highest BCUT2D eigenvalue weighted by molar-refractivity contribution is 5.88. The second-order valence-electron chi connectivity index (χ2n) is 7.38. The highest BCUT2D eigenvalue weighted by Gasteiger charge is 2.40. The summed E-state index contributed by atoms with van der Waals surface area (Å²) in [6.07, 6.45) is 3.70. The fourth-order valence-corrected chi connectivity index (χ4v) is 3.12. The molecule has 2 aliphatic rings. The van der Waals surface area contributed by atoms with Crippen LogP contribution in [0.2, 0.25) is 0 Å². The number of esters is 1. The molecule has 130 valence electrons. The van der Waals surface area contributed by atoms with Crippen LogP contribution in [0, 0.1) is 11.8 Å². The number of ether oxygens (including phenoxy) is 1. The van der Waals surface area contributed by atoms with Gasteiger partial charge < -0.3 is 21.1 Å². The number of carbonyl (C=O) groups excluding carboxylic acids is 3. The van der Waals surface area contributed by atoms with Crippen LogP contribution in [0.25, 0.3) is 0 Å². The Hall–Kier alpha value is -1.63. The molecule has 0 spiro atoms. The third-order valence-corrected chi connectivity index (χ3v) is 4.53. The van der Waals surface area contributed by atoms with Gasteiger partial charge in [0, 0.05) is 11.5 Å². The van der Waals surface area contributed by atoms with E-state index in [9.17, 15) is 14.4 Å². The molecule has 7 nitrogen and oxygen atoms in total. The van der Waals surface area contributed by atoms with Crippen molar-refractivity contribution >= 4 is 17.8 Å². The first-order valence-electron chi connectivity index (χ1n) is 8.17. The Morgan fingerprint density at radius 3 is 2.52 bits per heavy atom. The Labute approximate surface area is 136 Å². The molecule has 1 saturated carbocycles. The molecular weight excluding hydrogens is 298 g/mol. The van der Waals surface area contributed by atoms with E-state index >= 15 is 0 Å². The van der Waals surface area contributed by atoms with Gasteiger partial charge in [-0.05, 0) is 39.0 Å². The topological polar surface area (TPSA) is 111 Å². The number of nitrogens with two attached hydrogens (primary N) is 1. The van der Waals surface area contributed by atoms with Crippen molar-refractivity contribution in [2.75, 3.05) is 7.11 Å². The maximum atomic E-state index is 12.2. The number of methoxy groups -OCH3 is 1. The molecule has 23 heavy (non-hydrogen) atoms. The van der Waals surface area contributed by atoms with E-state index in [-0.39, 0.29) is 29.7 Å². The van der Waals surface area contributed by atoms with Crippen molar-refractivity contribution in [3.05, 3.63) is 0 Å². The first-order chi connectivity index (χ1) is 10.7. The maximum absolute atomic E-state index is 12.2. The lowest BCUT2D eigenvalue weighted by Gasteiger charge is -2.21. The Morgan fingerprint density at radius 1 is 1.39 bits per heavy atom. The van der Waals surface area contributed by atoms with Crippen molar-refractivity contribution in [1.82, 2.24) is 10.6 Å². The first kappa shape index (κ1) is 17.7.